The van der Waals surface area contributed by atoms with E-state index in [1.807, 2.05) is 30.3 Å². The molecule has 1 atom stereocenters. The fourth-order valence-corrected chi connectivity index (χ4v) is 1.92. The van der Waals surface area contributed by atoms with Gasteiger partial charge in [-0.15, -0.1) is 0 Å². The number of carbonyl (C=O) groups excluding carboxylic acids is 1. The number of hydrogen-bond acceptors (Lipinski definition) is 3. The normalized spacial score (nSPS) is 20.4. The Morgan fingerprint density at radius 3 is 2.88 bits per heavy atom. The van der Waals surface area contributed by atoms with Crippen LogP contribution >= 0.6 is 0 Å². The second-order valence-electron chi connectivity index (χ2n) is 4.11. The predicted octanol–water partition coefficient (Wildman–Crippen LogP) is 1.63. The molecule has 1 heterocycles. The highest BCUT2D eigenvalue weighted by molar-refractivity contribution is 5.82. The summed E-state index contributed by atoms with van der Waals surface area (Å²) in [7, 11) is 0. The van der Waals surface area contributed by atoms with Crippen LogP contribution in [-0.2, 0) is 4.79 Å². The molecule has 0 radical (unpaired) electrons. The van der Waals surface area contributed by atoms with Gasteiger partial charge in [-0.1, -0.05) is 18.2 Å². The van der Waals surface area contributed by atoms with E-state index in [4.69, 9.17) is 4.74 Å². The van der Waals surface area contributed by atoms with Crippen molar-refractivity contribution in [1.82, 2.24) is 5.32 Å². The van der Waals surface area contributed by atoms with Gasteiger partial charge >= 0.3 is 0 Å². The first kappa shape index (κ1) is 11.1. The monoisotopic (exact) mass is 219 g/mol. The van der Waals surface area contributed by atoms with Gasteiger partial charge in [-0.25, -0.2) is 0 Å². The number of ketones is 1. The van der Waals surface area contributed by atoms with Crippen LogP contribution in [0, 0.1) is 5.92 Å². The quantitative estimate of drug-likeness (QED) is 0.836. The van der Waals surface area contributed by atoms with Gasteiger partial charge in [-0.2, -0.15) is 0 Å². The number of Topliss-reactive ketones (excluding diaryl/α,β-unsaturated/α-hetero) is 1. The number of piperidine rings is 1. The van der Waals surface area contributed by atoms with Crippen molar-refractivity contribution >= 4 is 5.78 Å². The minimum absolute atomic E-state index is 0.137. The number of carbonyl (C=O) groups is 1. The van der Waals surface area contributed by atoms with Crippen molar-refractivity contribution in [2.24, 2.45) is 5.92 Å². The minimum atomic E-state index is 0.137. The third-order valence-corrected chi connectivity index (χ3v) is 2.88. The Morgan fingerprint density at radius 1 is 1.38 bits per heavy atom. The van der Waals surface area contributed by atoms with Crippen molar-refractivity contribution in [3.8, 4) is 5.75 Å². The fraction of sp³-hybridized carbons (Fsp3) is 0.462. The first-order valence-corrected chi connectivity index (χ1v) is 5.77. The van der Waals surface area contributed by atoms with Crippen LogP contribution in [0.3, 0.4) is 0 Å². The largest absolute Gasteiger partial charge is 0.486 e. The molecular formula is C13H17NO2. The highest BCUT2D eigenvalue weighted by atomic mass is 16.5. The number of benzene rings is 1. The standard InChI is InChI=1S/C13H17NO2/c15-13(11-5-4-8-14-9-11)10-16-12-6-2-1-3-7-12/h1-3,6-7,11,14H,4-5,8-10H2. The minimum Gasteiger partial charge on any atom is -0.486 e. The zero-order chi connectivity index (χ0) is 11.2. The van der Waals surface area contributed by atoms with Crippen molar-refractivity contribution < 1.29 is 9.53 Å². The highest BCUT2D eigenvalue weighted by Crippen LogP contribution is 2.13. The van der Waals surface area contributed by atoms with Crippen LogP contribution in [0.4, 0.5) is 0 Å². The SMILES string of the molecule is O=C(COc1ccccc1)C1CCCNC1. The van der Waals surface area contributed by atoms with E-state index in [-0.39, 0.29) is 18.3 Å². The summed E-state index contributed by atoms with van der Waals surface area (Å²) in [6, 6.07) is 9.47. The maximum absolute atomic E-state index is 11.8. The second kappa shape index (κ2) is 5.66. The van der Waals surface area contributed by atoms with E-state index < -0.39 is 0 Å². The lowest BCUT2D eigenvalue weighted by molar-refractivity contribution is -0.125. The number of para-hydroxylation sites is 1. The molecular weight excluding hydrogens is 202 g/mol. The Morgan fingerprint density at radius 2 is 2.19 bits per heavy atom. The van der Waals surface area contributed by atoms with E-state index in [9.17, 15) is 4.79 Å². The lowest BCUT2D eigenvalue weighted by atomic mass is 9.95. The Labute approximate surface area is 95.8 Å². The highest BCUT2D eigenvalue weighted by Gasteiger charge is 2.20. The molecule has 1 aromatic rings. The van der Waals surface area contributed by atoms with Crippen LogP contribution in [0.2, 0.25) is 0 Å². The van der Waals surface area contributed by atoms with E-state index >= 15 is 0 Å². The van der Waals surface area contributed by atoms with Gasteiger partial charge in [0.15, 0.2) is 5.78 Å². The van der Waals surface area contributed by atoms with Gasteiger partial charge in [0.05, 0.1) is 0 Å². The summed E-state index contributed by atoms with van der Waals surface area (Å²) < 4.78 is 5.44. The van der Waals surface area contributed by atoms with E-state index in [0.29, 0.717) is 0 Å². The molecule has 1 aliphatic rings. The number of nitrogens with one attached hydrogen (secondary N) is 1. The van der Waals surface area contributed by atoms with Crippen molar-refractivity contribution in [2.75, 3.05) is 19.7 Å². The molecule has 1 fully saturated rings. The molecule has 3 heteroatoms. The van der Waals surface area contributed by atoms with Gasteiger partial charge in [-0.05, 0) is 31.5 Å². The molecule has 16 heavy (non-hydrogen) atoms. The molecule has 0 saturated carbocycles. The third kappa shape index (κ3) is 3.07. The maximum Gasteiger partial charge on any atom is 0.174 e. The van der Waals surface area contributed by atoms with Crippen LogP contribution < -0.4 is 10.1 Å². The van der Waals surface area contributed by atoms with Gasteiger partial charge in [0.25, 0.3) is 0 Å². The van der Waals surface area contributed by atoms with Crippen molar-refractivity contribution in [2.45, 2.75) is 12.8 Å². The fourth-order valence-electron chi connectivity index (χ4n) is 1.92. The number of hydrogen-bond donors (Lipinski definition) is 1. The molecule has 0 spiro atoms. The van der Waals surface area contributed by atoms with E-state index in [0.717, 1.165) is 31.7 Å². The van der Waals surface area contributed by atoms with Crippen LogP contribution in [0.25, 0.3) is 0 Å². The molecule has 1 aromatic carbocycles. The molecule has 1 unspecified atom stereocenters. The molecule has 0 aliphatic carbocycles. The molecule has 86 valence electrons. The molecule has 0 aromatic heterocycles. The van der Waals surface area contributed by atoms with Gasteiger partial charge in [0.2, 0.25) is 0 Å². The Hall–Kier alpha value is -1.35. The Balaban J connectivity index is 1.79. The van der Waals surface area contributed by atoms with Crippen molar-refractivity contribution in [3.63, 3.8) is 0 Å². The van der Waals surface area contributed by atoms with Crippen molar-refractivity contribution in [3.05, 3.63) is 30.3 Å². The van der Waals surface area contributed by atoms with E-state index in [2.05, 4.69) is 5.32 Å². The van der Waals surface area contributed by atoms with Crippen LogP contribution in [0.15, 0.2) is 30.3 Å². The van der Waals surface area contributed by atoms with Gasteiger partial charge < -0.3 is 10.1 Å². The lowest BCUT2D eigenvalue weighted by Crippen LogP contribution is -2.36. The third-order valence-electron chi connectivity index (χ3n) is 2.88. The molecule has 1 saturated heterocycles. The predicted molar refractivity (Wildman–Crippen MR) is 62.5 cm³/mol. The van der Waals surface area contributed by atoms with Crippen LogP contribution in [0.1, 0.15) is 12.8 Å². The topological polar surface area (TPSA) is 38.3 Å². The number of ether oxygens (including phenoxy) is 1. The molecule has 0 bridgehead atoms. The molecule has 2 rings (SSSR count). The smallest absolute Gasteiger partial charge is 0.174 e. The van der Waals surface area contributed by atoms with Gasteiger partial charge in [-0.3, -0.25) is 4.79 Å². The first-order chi connectivity index (χ1) is 7.86. The summed E-state index contributed by atoms with van der Waals surface area (Å²) in [5.41, 5.74) is 0. The van der Waals surface area contributed by atoms with Crippen LogP contribution in [-0.4, -0.2) is 25.5 Å². The lowest BCUT2D eigenvalue weighted by Gasteiger charge is -2.21. The van der Waals surface area contributed by atoms with Gasteiger partial charge in [0, 0.05) is 12.5 Å². The molecule has 1 aliphatic heterocycles. The summed E-state index contributed by atoms with van der Waals surface area (Å²) in [4.78, 5) is 11.8. The Kier molecular flexibility index (Phi) is 3.94. The summed E-state index contributed by atoms with van der Waals surface area (Å²) in [6.07, 6.45) is 2.08. The maximum atomic E-state index is 11.8. The zero-order valence-corrected chi connectivity index (χ0v) is 9.32. The summed E-state index contributed by atoms with van der Waals surface area (Å²) in [6.45, 7) is 2.02. The number of rotatable bonds is 4. The molecule has 3 nitrogen and oxygen atoms in total. The Bertz CT molecular complexity index is 331. The summed E-state index contributed by atoms with van der Waals surface area (Å²) >= 11 is 0. The van der Waals surface area contributed by atoms with E-state index in [1.165, 1.54) is 0 Å². The zero-order valence-electron chi connectivity index (χ0n) is 9.32. The van der Waals surface area contributed by atoms with Crippen LogP contribution in [0.5, 0.6) is 5.75 Å². The molecule has 0 amide bonds. The van der Waals surface area contributed by atoms with Gasteiger partial charge in [0.1, 0.15) is 12.4 Å². The molecule has 1 N–H and O–H groups in total. The summed E-state index contributed by atoms with van der Waals surface area (Å²) in [5.74, 6) is 1.10. The van der Waals surface area contributed by atoms with Crippen molar-refractivity contribution in [1.29, 1.82) is 0 Å². The second-order valence-corrected chi connectivity index (χ2v) is 4.11. The summed E-state index contributed by atoms with van der Waals surface area (Å²) in [5, 5.41) is 3.24. The van der Waals surface area contributed by atoms with E-state index in [1.54, 1.807) is 0 Å². The first-order valence-electron chi connectivity index (χ1n) is 5.77. The average molecular weight is 219 g/mol. The average Bonchev–Trinajstić information content (AvgIpc) is 2.38.